The second-order valence-electron chi connectivity index (χ2n) is 4.25. The summed E-state index contributed by atoms with van der Waals surface area (Å²) in [6.07, 6.45) is 0. The Morgan fingerprint density at radius 3 is 2.33 bits per heavy atom. The fourth-order valence-corrected chi connectivity index (χ4v) is 2.10. The van der Waals surface area contributed by atoms with E-state index in [4.69, 9.17) is 4.42 Å². The van der Waals surface area contributed by atoms with Crippen LogP contribution in [0, 0.1) is 6.92 Å². The molecule has 18 heavy (non-hydrogen) atoms. The van der Waals surface area contributed by atoms with Crippen LogP contribution in [0.15, 0.2) is 63.8 Å². The highest BCUT2D eigenvalue weighted by molar-refractivity contribution is 5.80. The number of benzene rings is 2. The monoisotopic (exact) mass is 237 g/mol. The topological polar surface area (TPSA) is 30.2 Å². The molecule has 0 bridgehead atoms. The molecule has 0 aliphatic rings. The summed E-state index contributed by atoms with van der Waals surface area (Å²) in [6.45, 7) is 1.81. The van der Waals surface area contributed by atoms with E-state index in [0.717, 1.165) is 5.56 Å². The molecule has 2 heteroatoms. The lowest BCUT2D eigenvalue weighted by atomic mass is 10.1. The number of para-hydroxylation sites is 1. The highest BCUT2D eigenvalue weighted by Gasteiger charge is 2.11. The van der Waals surface area contributed by atoms with Crippen LogP contribution < -0.4 is 5.43 Å². The third-order valence-electron chi connectivity index (χ3n) is 3.06. The van der Waals surface area contributed by atoms with Crippen molar-refractivity contribution in [1.29, 1.82) is 0 Å². The first-order chi connectivity index (χ1) is 8.77. The molecule has 0 aliphatic carbocycles. The average molecular weight is 237 g/mol. The normalized spacial score (nSPS) is 10.7. The van der Waals surface area contributed by atoms with Crippen LogP contribution in [0.5, 0.6) is 0 Å². The van der Waals surface area contributed by atoms with Gasteiger partial charge in [0.05, 0.1) is 5.39 Å². The predicted octanol–water partition coefficient (Wildman–Crippen LogP) is 3.77. The molecule has 0 saturated heterocycles. The number of hydrogen-bond acceptors (Lipinski definition) is 2. The van der Waals surface area contributed by atoms with Gasteiger partial charge in [-0.1, -0.05) is 42.5 Å². The molecule has 0 unspecified atom stereocenters. The lowest BCUT2D eigenvalue weighted by Gasteiger charge is -2.06. The van der Waals surface area contributed by atoms with Crippen LogP contribution in [0.1, 0.15) is 5.56 Å². The summed E-state index contributed by atoms with van der Waals surface area (Å²) < 4.78 is 5.86. The fourth-order valence-electron chi connectivity index (χ4n) is 2.10. The first-order valence-corrected chi connectivity index (χ1v) is 5.85. The van der Waals surface area contributed by atoms with E-state index in [2.05, 4.69) is 0 Å². The molecule has 2 aromatic carbocycles. The van der Waals surface area contributed by atoms with Crippen LogP contribution in [0.4, 0.5) is 0 Å². The van der Waals surface area contributed by atoms with Gasteiger partial charge in [-0.15, -0.1) is 0 Å². The van der Waals surface area contributed by atoms with E-state index in [1.54, 1.807) is 13.0 Å². The molecule has 0 spiro atoms. The standard InChI is InChI=1S/C16H12O2/c1-11-15(17)13-9-5-6-10-14(13)18-16(11)12-7-3-2-4-8-12/h2-10H,1H3/i15+1. The van der Waals surface area contributed by atoms with Gasteiger partial charge in [0.25, 0.3) is 0 Å². The van der Waals surface area contributed by atoms with Crippen molar-refractivity contribution in [3.8, 4) is 11.3 Å². The summed E-state index contributed by atoms with van der Waals surface area (Å²) in [5, 5.41) is 0.634. The van der Waals surface area contributed by atoms with Crippen LogP contribution in [-0.2, 0) is 0 Å². The second-order valence-corrected chi connectivity index (χ2v) is 4.25. The molecule has 3 aromatic rings. The van der Waals surface area contributed by atoms with Gasteiger partial charge in [-0.3, -0.25) is 4.79 Å². The maximum Gasteiger partial charge on any atom is 0.196 e. The van der Waals surface area contributed by atoms with Crippen LogP contribution in [-0.4, -0.2) is 0 Å². The summed E-state index contributed by atoms with van der Waals surface area (Å²) in [7, 11) is 0. The van der Waals surface area contributed by atoms with E-state index >= 15 is 0 Å². The molecule has 0 N–H and O–H groups in total. The van der Waals surface area contributed by atoms with E-state index in [9.17, 15) is 4.79 Å². The molecule has 0 radical (unpaired) electrons. The Hall–Kier alpha value is -2.35. The molecule has 0 fully saturated rings. The summed E-state index contributed by atoms with van der Waals surface area (Å²) in [5.74, 6) is 0.652. The third-order valence-corrected chi connectivity index (χ3v) is 3.06. The highest BCUT2D eigenvalue weighted by Crippen LogP contribution is 2.24. The van der Waals surface area contributed by atoms with Gasteiger partial charge in [-0.25, -0.2) is 0 Å². The van der Waals surface area contributed by atoms with Crippen LogP contribution >= 0.6 is 0 Å². The van der Waals surface area contributed by atoms with Gasteiger partial charge >= 0.3 is 0 Å². The SMILES string of the molecule is Cc1c(-c2ccccc2)oc2ccccc2[13c]1=O. The van der Waals surface area contributed by atoms with Crippen molar-refractivity contribution in [1.82, 2.24) is 0 Å². The Balaban J connectivity index is 2.38. The first-order valence-electron chi connectivity index (χ1n) is 5.85. The molecule has 0 aliphatic heterocycles. The molecule has 2 nitrogen and oxygen atoms in total. The predicted molar refractivity (Wildman–Crippen MR) is 72.7 cm³/mol. The number of fused-ring (bicyclic) bond motifs is 1. The number of rotatable bonds is 1. The minimum absolute atomic E-state index is 0.0377. The van der Waals surface area contributed by atoms with E-state index in [1.165, 1.54) is 0 Å². The Morgan fingerprint density at radius 1 is 0.889 bits per heavy atom. The van der Waals surface area contributed by atoms with Crippen LogP contribution in [0.2, 0.25) is 0 Å². The maximum atomic E-state index is 12.3. The van der Waals surface area contributed by atoms with Crippen molar-refractivity contribution in [2.75, 3.05) is 0 Å². The zero-order chi connectivity index (χ0) is 12.5. The average Bonchev–Trinajstić information content (AvgIpc) is 2.44. The Kier molecular flexibility index (Phi) is 2.49. The zero-order valence-electron chi connectivity index (χ0n) is 10.0. The van der Waals surface area contributed by atoms with E-state index < -0.39 is 0 Å². The molecule has 1 aromatic heterocycles. The smallest absolute Gasteiger partial charge is 0.196 e. The first kappa shape index (κ1) is 10.8. The van der Waals surface area contributed by atoms with Crippen molar-refractivity contribution >= 4 is 11.0 Å². The van der Waals surface area contributed by atoms with Crippen LogP contribution in [0.3, 0.4) is 0 Å². The summed E-state index contributed by atoms with van der Waals surface area (Å²) in [6, 6.07) is 17.0. The van der Waals surface area contributed by atoms with Gasteiger partial charge in [-0.2, -0.15) is 0 Å². The molecular weight excluding hydrogens is 225 g/mol. The minimum Gasteiger partial charge on any atom is -0.456 e. The summed E-state index contributed by atoms with van der Waals surface area (Å²) in [5.41, 5.74) is 2.25. The van der Waals surface area contributed by atoms with Crippen molar-refractivity contribution in [2.45, 2.75) is 6.92 Å². The summed E-state index contributed by atoms with van der Waals surface area (Å²) in [4.78, 5) is 12.3. The van der Waals surface area contributed by atoms with Crippen molar-refractivity contribution in [3.05, 3.63) is 70.4 Å². The van der Waals surface area contributed by atoms with Crippen molar-refractivity contribution < 1.29 is 4.42 Å². The maximum absolute atomic E-state index is 12.3. The minimum atomic E-state index is 0.0377. The molecule has 88 valence electrons. The zero-order valence-corrected chi connectivity index (χ0v) is 10.0. The molecule has 0 atom stereocenters. The van der Waals surface area contributed by atoms with Crippen molar-refractivity contribution in [2.24, 2.45) is 0 Å². The van der Waals surface area contributed by atoms with E-state index in [0.29, 0.717) is 22.3 Å². The Labute approximate surface area is 105 Å². The molecule has 3 rings (SSSR count). The van der Waals surface area contributed by atoms with E-state index in [1.807, 2.05) is 48.5 Å². The third kappa shape index (κ3) is 1.63. The van der Waals surface area contributed by atoms with Gasteiger partial charge in [-0.05, 0) is 19.1 Å². The van der Waals surface area contributed by atoms with Gasteiger partial charge in [0.15, 0.2) is 5.43 Å². The highest BCUT2D eigenvalue weighted by atomic mass is 16.3. The van der Waals surface area contributed by atoms with Gasteiger partial charge in [0.2, 0.25) is 0 Å². The van der Waals surface area contributed by atoms with Crippen LogP contribution in [0.25, 0.3) is 22.3 Å². The molecule has 0 amide bonds. The quantitative estimate of drug-likeness (QED) is 0.645. The van der Waals surface area contributed by atoms with Gasteiger partial charge < -0.3 is 4.42 Å². The van der Waals surface area contributed by atoms with Crippen molar-refractivity contribution in [3.63, 3.8) is 0 Å². The Morgan fingerprint density at radius 2 is 1.56 bits per heavy atom. The summed E-state index contributed by atoms with van der Waals surface area (Å²) >= 11 is 0. The molecule has 0 saturated carbocycles. The number of hydrogen-bond donors (Lipinski definition) is 0. The molecule has 1 heterocycles. The molecular formula is C16H12O2. The lowest BCUT2D eigenvalue weighted by molar-refractivity contribution is 0.614. The lowest BCUT2D eigenvalue weighted by Crippen LogP contribution is -2.06. The van der Waals surface area contributed by atoms with Gasteiger partial charge in [0, 0.05) is 11.1 Å². The van der Waals surface area contributed by atoms with Gasteiger partial charge in [0.1, 0.15) is 11.3 Å². The Bertz CT molecular complexity index is 755. The van der Waals surface area contributed by atoms with E-state index in [-0.39, 0.29) is 5.43 Å². The fraction of sp³-hybridized carbons (Fsp3) is 0.0625. The largest absolute Gasteiger partial charge is 0.456 e. The second kappa shape index (κ2) is 4.15.